The second kappa shape index (κ2) is 6.36. The molecule has 1 N–H and O–H groups in total. The summed E-state index contributed by atoms with van der Waals surface area (Å²) < 4.78 is 80.3. The van der Waals surface area contributed by atoms with Crippen molar-refractivity contribution in [3.8, 4) is 5.75 Å². The maximum atomic E-state index is 12.8. The van der Waals surface area contributed by atoms with Crippen LogP contribution in [0.1, 0.15) is 0 Å². The lowest BCUT2D eigenvalue weighted by atomic mass is 10.3. The zero-order valence-electron chi connectivity index (χ0n) is 11.1. The maximum Gasteiger partial charge on any atom is 0.573 e. The standard InChI is InChI=1S/C13H8BrF4NO3S/c14-8-1-6-11(12(7-8)22-13(16,17)18)19-23(20,21)10-4-2-9(15)3-5-10/h1-7,19H. The normalized spacial score (nSPS) is 12.0. The number of alkyl halides is 3. The Hall–Kier alpha value is -1.81. The lowest BCUT2D eigenvalue weighted by molar-refractivity contribution is -0.274. The highest BCUT2D eigenvalue weighted by molar-refractivity contribution is 9.10. The largest absolute Gasteiger partial charge is 0.573 e. The van der Waals surface area contributed by atoms with Gasteiger partial charge < -0.3 is 4.74 Å². The van der Waals surface area contributed by atoms with Crippen LogP contribution in [-0.4, -0.2) is 14.8 Å². The van der Waals surface area contributed by atoms with Crippen molar-refractivity contribution in [1.82, 2.24) is 0 Å². The van der Waals surface area contributed by atoms with Gasteiger partial charge in [0.15, 0.2) is 5.75 Å². The predicted octanol–water partition coefficient (Wildman–Crippen LogP) is 4.29. The molecule has 0 aliphatic carbocycles. The van der Waals surface area contributed by atoms with Gasteiger partial charge in [-0.2, -0.15) is 0 Å². The zero-order chi connectivity index (χ0) is 17.3. The average Bonchev–Trinajstić information content (AvgIpc) is 2.40. The van der Waals surface area contributed by atoms with Gasteiger partial charge in [0.1, 0.15) is 5.82 Å². The van der Waals surface area contributed by atoms with E-state index in [4.69, 9.17) is 0 Å². The van der Waals surface area contributed by atoms with Crippen molar-refractivity contribution in [1.29, 1.82) is 0 Å². The van der Waals surface area contributed by atoms with Crippen molar-refractivity contribution >= 4 is 31.6 Å². The van der Waals surface area contributed by atoms with Crippen LogP contribution in [0.15, 0.2) is 51.8 Å². The number of ether oxygens (including phenoxy) is 1. The molecule has 2 rings (SSSR count). The molecule has 2 aromatic carbocycles. The molecule has 0 atom stereocenters. The van der Waals surface area contributed by atoms with Crippen molar-refractivity contribution in [3.05, 3.63) is 52.8 Å². The van der Waals surface area contributed by atoms with E-state index in [1.807, 2.05) is 4.72 Å². The monoisotopic (exact) mass is 413 g/mol. The maximum absolute atomic E-state index is 12.8. The molecule has 4 nitrogen and oxygen atoms in total. The minimum absolute atomic E-state index is 0.265. The molecule has 0 aliphatic rings. The van der Waals surface area contributed by atoms with Crippen LogP contribution in [0, 0.1) is 5.82 Å². The third-order valence-electron chi connectivity index (χ3n) is 2.54. The van der Waals surface area contributed by atoms with E-state index in [0.717, 1.165) is 36.4 Å². The smallest absolute Gasteiger partial charge is 0.403 e. The third kappa shape index (κ3) is 4.83. The molecule has 0 aliphatic heterocycles. The lowest BCUT2D eigenvalue weighted by Crippen LogP contribution is -2.20. The van der Waals surface area contributed by atoms with Crippen molar-refractivity contribution in [2.45, 2.75) is 11.3 Å². The highest BCUT2D eigenvalue weighted by Crippen LogP contribution is 2.34. The number of hydrogen-bond acceptors (Lipinski definition) is 3. The fraction of sp³-hybridized carbons (Fsp3) is 0.0769. The minimum atomic E-state index is -4.99. The Morgan fingerprint density at radius 3 is 2.22 bits per heavy atom. The summed E-state index contributed by atoms with van der Waals surface area (Å²) in [5, 5.41) is 0. The second-order valence-corrected chi connectivity index (χ2v) is 6.85. The quantitative estimate of drug-likeness (QED) is 0.760. The molecule has 23 heavy (non-hydrogen) atoms. The number of rotatable bonds is 4. The molecule has 0 fully saturated rings. The Morgan fingerprint density at radius 1 is 1.04 bits per heavy atom. The number of anilines is 1. The van der Waals surface area contributed by atoms with Crippen LogP contribution >= 0.6 is 15.9 Å². The summed E-state index contributed by atoms with van der Waals surface area (Å²) in [6.45, 7) is 0. The van der Waals surface area contributed by atoms with Crippen molar-refractivity contribution in [2.75, 3.05) is 4.72 Å². The molecule has 0 saturated heterocycles. The summed E-state index contributed by atoms with van der Waals surface area (Å²) in [6, 6.07) is 7.22. The van der Waals surface area contributed by atoms with Crippen molar-refractivity contribution in [3.63, 3.8) is 0 Å². The van der Waals surface area contributed by atoms with E-state index in [2.05, 4.69) is 20.7 Å². The number of nitrogens with one attached hydrogen (secondary N) is 1. The summed E-state index contributed by atoms with van der Waals surface area (Å²) in [5.74, 6) is -1.37. The van der Waals surface area contributed by atoms with Crippen LogP contribution < -0.4 is 9.46 Å². The van der Waals surface area contributed by atoms with E-state index < -0.39 is 33.6 Å². The van der Waals surface area contributed by atoms with Gasteiger partial charge in [-0.25, -0.2) is 12.8 Å². The molecule has 0 saturated carbocycles. The first-order valence-electron chi connectivity index (χ1n) is 5.90. The number of benzene rings is 2. The Morgan fingerprint density at radius 2 is 1.65 bits per heavy atom. The van der Waals surface area contributed by atoms with Crippen LogP contribution in [0.4, 0.5) is 23.2 Å². The molecule has 0 bridgehead atoms. The van der Waals surface area contributed by atoms with Crippen LogP contribution in [0.2, 0.25) is 0 Å². The van der Waals surface area contributed by atoms with E-state index in [1.165, 1.54) is 6.07 Å². The second-order valence-electron chi connectivity index (χ2n) is 4.25. The first-order chi connectivity index (χ1) is 10.6. The number of hydrogen-bond donors (Lipinski definition) is 1. The van der Waals surface area contributed by atoms with Crippen molar-refractivity contribution in [2.24, 2.45) is 0 Å². The van der Waals surface area contributed by atoms with E-state index in [1.54, 1.807) is 0 Å². The zero-order valence-corrected chi connectivity index (χ0v) is 13.5. The Labute approximate surface area is 137 Å². The van der Waals surface area contributed by atoms with Gasteiger partial charge in [-0.15, -0.1) is 13.2 Å². The molecule has 0 amide bonds. The molecular formula is C13H8BrF4NO3S. The van der Waals surface area contributed by atoms with Gasteiger partial charge in [-0.3, -0.25) is 4.72 Å². The fourth-order valence-corrected chi connectivity index (χ4v) is 3.02. The van der Waals surface area contributed by atoms with E-state index in [-0.39, 0.29) is 9.37 Å². The van der Waals surface area contributed by atoms with Gasteiger partial charge in [0.05, 0.1) is 10.6 Å². The molecule has 10 heteroatoms. The minimum Gasteiger partial charge on any atom is -0.403 e. The lowest BCUT2D eigenvalue weighted by Gasteiger charge is -2.15. The SMILES string of the molecule is O=S(=O)(Nc1ccc(Br)cc1OC(F)(F)F)c1ccc(F)cc1. The molecule has 124 valence electrons. The Balaban J connectivity index is 2.37. The molecule has 2 aromatic rings. The molecule has 0 heterocycles. The van der Waals surface area contributed by atoms with Crippen molar-refractivity contribution < 1.29 is 30.7 Å². The van der Waals surface area contributed by atoms with Gasteiger partial charge in [0.2, 0.25) is 0 Å². The number of sulfonamides is 1. The Bertz CT molecular complexity index is 807. The first kappa shape index (κ1) is 17.5. The van der Waals surface area contributed by atoms with Gasteiger partial charge in [0.25, 0.3) is 10.0 Å². The molecule has 0 radical (unpaired) electrons. The van der Waals surface area contributed by atoms with Gasteiger partial charge >= 0.3 is 6.36 Å². The van der Waals surface area contributed by atoms with Gasteiger partial charge in [0, 0.05) is 4.47 Å². The van der Waals surface area contributed by atoms with Crippen LogP contribution in [0.3, 0.4) is 0 Å². The van der Waals surface area contributed by atoms with Crippen LogP contribution in [0.25, 0.3) is 0 Å². The summed E-state index contributed by atoms with van der Waals surface area (Å²) in [5.41, 5.74) is -0.408. The highest BCUT2D eigenvalue weighted by atomic mass is 79.9. The van der Waals surface area contributed by atoms with E-state index in [0.29, 0.717) is 0 Å². The summed E-state index contributed by atoms with van der Waals surface area (Å²) in [4.78, 5) is -0.306. The van der Waals surface area contributed by atoms with E-state index in [9.17, 15) is 26.0 Å². The molecular weight excluding hydrogens is 406 g/mol. The fourth-order valence-electron chi connectivity index (χ4n) is 1.61. The van der Waals surface area contributed by atoms with Gasteiger partial charge in [-0.05, 0) is 42.5 Å². The number of halogens is 5. The van der Waals surface area contributed by atoms with Gasteiger partial charge in [-0.1, -0.05) is 15.9 Å². The summed E-state index contributed by atoms with van der Waals surface area (Å²) >= 11 is 2.97. The predicted molar refractivity (Wildman–Crippen MR) is 78.0 cm³/mol. The summed E-state index contributed by atoms with van der Waals surface area (Å²) in [6.07, 6.45) is -4.99. The topological polar surface area (TPSA) is 55.4 Å². The first-order valence-corrected chi connectivity index (χ1v) is 8.18. The summed E-state index contributed by atoms with van der Waals surface area (Å²) in [7, 11) is -4.20. The van der Waals surface area contributed by atoms with Crippen LogP contribution in [-0.2, 0) is 10.0 Å². The van der Waals surface area contributed by atoms with E-state index >= 15 is 0 Å². The Kier molecular flexibility index (Phi) is 4.85. The highest BCUT2D eigenvalue weighted by Gasteiger charge is 2.32. The molecule has 0 aromatic heterocycles. The molecule has 0 unspecified atom stereocenters. The average molecular weight is 414 g/mol. The van der Waals surface area contributed by atoms with Crippen LogP contribution in [0.5, 0.6) is 5.75 Å². The third-order valence-corrected chi connectivity index (χ3v) is 4.41. The molecule has 0 spiro atoms.